The molecule has 0 fully saturated rings. The number of nitrogens with one attached hydrogen (secondary N) is 1. The van der Waals surface area contributed by atoms with Gasteiger partial charge in [-0.15, -0.1) is 11.3 Å². The van der Waals surface area contributed by atoms with Crippen molar-refractivity contribution in [3.8, 4) is 5.75 Å². The number of aryl methyl sites for hydroxylation is 2. The van der Waals surface area contributed by atoms with Crippen LogP contribution in [0.5, 0.6) is 5.75 Å². The second-order valence-electron chi connectivity index (χ2n) is 6.10. The Labute approximate surface area is 164 Å². The highest BCUT2D eigenvalue weighted by Crippen LogP contribution is 2.27. The molecular weight excluding hydrogens is 404 g/mol. The zero-order valence-electron chi connectivity index (χ0n) is 15.3. The smallest absolute Gasteiger partial charge is 0.262 e. The topological polar surface area (TPSA) is 133 Å². The third kappa shape index (κ3) is 3.77. The molecule has 1 aromatic carbocycles. The molecule has 0 spiro atoms. The summed E-state index contributed by atoms with van der Waals surface area (Å²) in [5, 5.41) is 8.22. The maximum atomic E-state index is 12.7. The number of nitrogens with two attached hydrogens (primary N) is 1. The minimum absolute atomic E-state index is 0.0645. The highest BCUT2D eigenvalue weighted by Gasteiger charge is 2.17. The first kappa shape index (κ1) is 20.0. The predicted octanol–water partition coefficient (Wildman–Crippen LogP) is 1.37. The molecule has 3 rings (SSSR count). The van der Waals surface area contributed by atoms with Crippen molar-refractivity contribution in [3.63, 3.8) is 0 Å². The number of benzene rings is 1. The summed E-state index contributed by atoms with van der Waals surface area (Å²) in [6.45, 7) is 3.48. The number of fused-ring (bicyclic) bond motifs is 1. The van der Waals surface area contributed by atoms with Gasteiger partial charge in [0.1, 0.15) is 22.0 Å². The van der Waals surface area contributed by atoms with Gasteiger partial charge >= 0.3 is 0 Å². The molecule has 0 bridgehead atoms. The van der Waals surface area contributed by atoms with E-state index in [9.17, 15) is 18.0 Å². The van der Waals surface area contributed by atoms with Crippen molar-refractivity contribution in [1.29, 1.82) is 0 Å². The first-order valence-electron chi connectivity index (χ1n) is 8.07. The molecule has 3 aromatic rings. The lowest BCUT2D eigenvalue weighted by Gasteiger charge is -2.11. The van der Waals surface area contributed by atoms with E-state index in [4.69, 9.17) is 9.88 Å². The van der Waals surface area contributed by atoms with Crippen LogP contribution in [0.2, 0.25) is 0 Å². The van der Waals surface area contributed by atoms with Gasteiger partial charge in [0.2, 0.25) is 15.9 Å². The van der Waals surface area contributed by atoms with Crippen LogP contribution in [0.1, 0.15) is 10.4 Å². The SMILES string of the molecule is COc1ccc(NC(=O)Cn2cnc3sc(C)c(C)c3c2=O)cc1S(N)(=O)=O. The zero-order chi connectivity index (χ0) is 20.6. The van der Waals surface area contributed by atoms with E-state index < -0.39 is 15.9 Å². The van der Waals surface area contributed by atoms with Gasteiger partial charge < -0.3 is 10.1 Å². The van der Waals surface area contributed by atoms with Gasteiger partial charge in [-0.1, -0.05) is 0 Å². The summed E-state index contributed by atoms with van der Waals surface area (Å²) in [5.41, 5.74) is 0.752. The van der Waals surface area contributed by atoms with E-state index in [1.807, 2.05) is 13.8 Å². The van der Waals surface area contributed by atoms with Gasteiger partial charge in [-0.2, -0.15) is 0 Å². The van der Waals surface area contributed by atoms with Crippen LogP contribution < -0.4 is 20.8 Å². The number of hydrogen-bond acceptors (Lipinski definition) is 7. The van der Waals surface area contributed by atoms with Gasteiger partial charge in [0.05, 0.1) is 18.8 Å². The molecule has 3 N–H and O–H groups in total. The fraction of sp³-hybridized carbons (Fsp3) is 0.235. The number of thiophene rings is 1. The third-order valence-corrected chi connectivity index (χ3v) is 6.27. The molecule has 2 aromatic heterocycles. The highest BCUT2D eigenvalue weighted by atomic mass is 32.2. The van der Waals surface area contributed by atoms with Crippen LogP contribution in [0, 0.1) is 13.8 Å². The lowest BCUT2D eigenvalue weighted by atomic mass is 10.2. The lowest BCUT2D eigenvalue weighted by Crippen LogP contribution is -2.28. The van der Waals surface area contributed by atoms with Crippen LogP contribution in [0.25, 0.3) is 10.2 Å². The summed E-state index contributed by atoms with van der Waals surface area (Å²) in [6, 6.07) is 4.05. The maximum Gasteiger partial charge on any atom is 0.262 e. The molecule has 1 amide bonds. The zero-order valence-corrected chi connectivity index (χ0v) is 17.0. The van der Waals surface area contributed by atoms with Gasteiger partial charge in [0.15, 0.2) is 0 Å². The maximum absolute atomic E-state index is 12.7. The van der Waals surface area contributed by atoms with Gasteiger partial charge in [-0.3, -0.25) is 14.2 Å². The summed E-state index contributed by atoms with van der Waals surface area (Å²) < 4.78 is 29.5. The molecule has 0 aliphatic carbocycles. The predicted molar refractivity (Wildman–Crippen MR) is 106 cm³/mol. The van der Waals surface area contributed by atoms with E-state index >= 15 is 0 Å². The Morgan fingerprint density at radius 1 is 1.36 bits per heavy atom. The van der Waals surface area contributed by atoms with Gasteiger partial charge in [0.25, 0.3) is 5.56 Å². The summed E-state index contributed by atoms with van der Waals surface area (Å²) in [5.74, 6) is -0.451. The van der Waals surface area contributed by atoms with Crippen LogP contribution in [0.3, 0.4) is 0 Å². The number of amides is 1. The molecule has 9 nitrogen and oxygen atoms in total. The Bertz CT molecular complexity index is 1240. The summed E-state index contributed by atoms with van der Waals surface area (Å²) in [6.07, 6.45) is 1.32. The Balaban J connectivity index is 1.87. The fourth-order valence-electron chi connectivity index (χ4n) is 2.71. The van der Waals surface area contributed by atoms with E-state index in [1.165, 1.54) is 47.5 Å². The number of rotatable bonds is 5. The van der Waals surface area contributed by atoms with Crippen molar-refractivity contribution in [1.82, 2.24) is 9.55 Å². The van der Waals surface area contributed by atoms with Crippen molar-refractivity contribution in [2.24, 2.45) is 5.14 Å². The van der Waals surface area contributed by atoms with Crippen LogP contribution in [0.15, 0.2) is 34.2 Å². The molecule has 148 valence electrons. The van der Waals surface area contributed by atoms with E-state index in [2.05, 4.69) is 10.3 Å². The number of anilines is 1. The standard InChI is InChI=1S/C17H18N4O5S2/c1-9-10(2)27-16-15(9)17(23)21(8-19-16)7-14(22)20-11-4-5-12(26-3)13(6-11)28(18,24)25/h4-6,8H,7H2,1-3H3,(H,20,22)(H2,18,24,25). The Hall–Kier alpha value is -2.76. The highest BCUT2D eigenvalue weighted by molar-refractivity contribution is 7.89. The van der Waals surface area contributed by atoms with Crippen molar-refractivity contribution in [3.05, 3.63) is 45.3 Å². The van der Waals surface area contributed by atoms with E-state index in [0.717, 1.165) is 10.4 Å². The number of carbonyl (C=O) groups excluding carboxylic acids is 1. The second kappa shape index (κ2) is 7.34. The first-order valence-corrected chi connectivity index (χ1v) is 10.4. The molecule has 0 saturated carbocycles. The number of sulfonamides is 1. The van der Waals surface area contributed by atoms with Gasteiger partial charge in [-0.05, 0) is 37.6 Å². The van der Waals surface area contributed by atoms with Crippen molar-refractivity contribution in [2.45, 2.75) is 25.3 Å². The van der Waals surface area contributed by atoms with Crippen LogP contribution >= 0.6 is 11.3 Å². The Kier molecular flexibility index (Phi) is 5.24. The van der Waals surface area contributed by atoms with Gasteiger partial charge in [0, 0.05) is 10.6 Å². The number of aromatic nitrogens is 2. The minimum atomic E-state index is -4.04. The molecule has 28 heavy (non-hydrogen) atoms. The third-order valence-electron chi connectivity index (χ3n) is 4.22. The number of methoxy groups -OCH3 is 1. The minimum Gasteiger partial charge on any atom is -0.495 e. The van der Waals surface area contributed by atoms with Crippen molar-refractivity contribution < 1.29 is 17.9 Å². The first-order chi connectivity index (χ1) is 13.1. The molecule has 0 atom stereocenters. The molecule has 2 heterocycles. The fourth-order valence-corrected chi connectivity index (χ4v) is 4.43. The molecule has 0 aliphatic heterocycles. The van der Waals surface area contributed by atoms with E-state index in [1.54, 1.807) is 0 Å². The number of carbonyl (C=O) groups is 1. The molecular formula is C17H18N4O5S2. The second-order valence-corrected chi connectivity index (χ2v) is 8.83. The molecule has 0 saturated heterocycles. The molecule has 0 unspecified atom stereocenters. The summed E-state index contributed by atoms with van der Waals surface area (Å²) in [7, 11) is -2.73. The van der Waals surface area contributed by atoms with Crippen LogP contribution in [-0.4, -0.2) is 31.0 Å². The van der Waals surface area contributed by atoms with Crippen LogP contribution in [0.4, 0.5) is 5.69 Å². The number of ether oxygens (including phenoxy) is 1. The number of hydrogen-bond donors (Lipinski definition) is 2. The van der Waals surface area contributed by atoms with Gasteiger partial charge in [-0.25, -0.2) is 18.5 Å². The average molecular weight is 422 g/mol. The quantitative estimate of drug-likeness (QED) is 0.638. The summed E-state index contributed by atoms with van der Waals surface area (Å²) in [4.78, 5) is 30.6. The monoisotopic (exact) mass is 422 g/mol. The number of primary sulfonamides is 1. The molecule has 0 aliphatic rings. The molecule has 0 radical (unpaired) electrons. The van der Waals surface area contributed by atoms with E-state index in [0.29, 0.717) is 10.2 Å². The van der Waals surface area contributed by atoms with Crippen molar-refractivity contribution >= 4 is 43.2 Å². The van der Waals surface area contributed by atoms with Crippen molar-refractivity contribution in [2.75, 3.05) is 12.4 Å². The van der Waals surface area contributed by atoms with E-state index in [-0.39, 0.29) is 28.4 Å². The summed E-state index contributed by atoms with van der Waals surface area (Å²) >= 11 is 1.42. The largest absolute Gasteiger partial charge is 0.495 e. The average Bonchev–Trinajstić information content (AvgIpc) is 2.91. The van der Waals surface area contributed by atoms with Crippen LogP contribution in [-0.2, 0) is 21.4 Å². The molecule has 11 heteroatoms. The number of nitrogens with zero attached hydrogens (tertiary/aromatic N) is 2. The normalized spacial score (nSPS) is 11.6. The Morgan fingerprint density at radius 2 is 2.07 bits per heavy atom. The Morgan fingerprint density at radius 3 is 2.71 bits per heavy atom. The lowest BCUT2D eigenvalue weighted by molar-refractivity contribution is -0.116.